The van der Waals surface area contributed by atoms with Gasteiger partial charge < -0.3 is 9.30 Å². The number of carbonyl (C=O) groups excluding carboxylic acids is 1. The average molecular weight is 263 g/mol. The quantitative estimate of drug-likeness (QED) is 0.628. The highest BCUT2D eigenvalue weighted by atomic mass is 19.1. The van der Waals surface area contributed by atoms with Crippen LogP contribution in [0.4, 0.5) is 4.39 Å². The Morgan fingerprint density at radius 1 is 1.47 bits per heavy atom. The first-order valence-electron chi connectivity index (χ1n) is 5.87. The minimum atomic E-state index is -0.555. The maximum atomic E-state index is 12.8. The molecule has 19 heavy (non-hydrogen) atoms. The van der Waals surface area contributed by atoms with Crippen LogP contribution in [0.15, 0.2) is 18.3 Å². The van der Waals surface area contributed by atoms with E-state index in [1.165, 1.54) is 12.3 Å². The molecule has 0 unspecified atom stereocenters. The van der Waals surface area contributed by atoms with Crippen molar-refractivity contribution in [2.75, 3.05) is 6.61 Å². The highest BCUT2D eigenvalue weighted by Crippen LogP contribution is 2.21. The molecule has 0 aromatic carbocycles. The normalized spacial score (nSPS) is 10.5. The molecule has 0 N–H and O–H groups in total. The lowest BCUT2D eigenvalue weighted by atomic mass is 10.3. The summed E-state index contributed by atoms with van der Waals surface area (Å²) in [6, 6.07) is 2.82. The molecular weight excluding hydrogens is 249 g/mol. The van der Waals surface area contributed by atoms with Gasteiger partial charge in [0.2, 0.25) is 5.95 Å². The van der Waals surface area contributed by atoms with E-state index in [0.29, 0.717) is 29.4 Å². The number of ether oxygens (including phenoxy) is 1. The Morgan fingerprint density at radius 2 is 2.21 bits per heavy atom. The summed E-state index contributed by atoms with van der Waals surface area (Å²) < 4.78 is 19.4. The molecule has 0 saturated carbocycles. The van der Waals surface area contributed by atoms with Crippen molar-refractivity contribution in [1.82, 2.24) is 14.5 Å². The fourth-order valence-electron chi connectivity index (χ4n) is 1.89. The summed E-state index contributed by atoms with van der Waals surface area (Å²) in [4.78, 5) is 19.7. The zero-order chi connectivity index (χ0) is 14.0. The minimum absolute atomic E-state index is 0.302. The summed E-state index contributed by atoms with van der Waals surface area (Å²) >= 11 is 0. The Hall–Kier alpha value is -2.24. The molecule has 0 radical (unpaired) electrons. The number of nitrogens with zero attached hydrogens (tertiary/aromatic N) is 3. The second-order valence-electron chi connectivity index (χ2n) is 4.02. The van der Waals surface area contributed by atoms with Gasteiger partial charge in [-0.2, -0.15) is 4.39 Å². The molecule has 2 heterocycles. The van der Waals surface area contributed by atoms with Crippen LogP contribution in [-0.2, 0) is 11.8 Å². The van der Waals surface area contributed by atoms with Gasteiger partial charge in [-0.25, -0.2) is 14.8 Å². The molecule has 0 bridgehead atoms. The fraction of sp³-hybridized carbons (Fsp3) is 0.308. The molecule has 6 heteroatoms. The number of aromatic nitrogens is 3. The van der Waals surface area contributed by atoms with Crippen molar-refractivity contribution in [1.29, 1.82) is 0 Å². The summed E-state index contributed by atoms with van der Waals surface area (Å²) in [7, 11) is 1.71. The Balaban J connectivity index is 2.46. The van der Waals surface area contributed by atoms with Gasteiger partial charge in [-0.3, -0.25) is 0 Å². The van der Waals surface area contributed by atoms with Gasteiger partial charge in [0, 0.05) is 18.8 Å². The molecule has 100 valence electrons. The van der Waals surface area contributed by atoms with Gasteiger partial charge in [-0.1, -0.05) is 0 Å². The van der Waals surface area contributed by atoms with Gasteiger partial charge in [-0.05, 0) is 26.0 Å². The maximum absolute atomic E-state index is 12.8. The minimum Gasteiger partial charge on any atom is -0.461 e. The van der Waals surface area contributed by atoms with Crippen LogP contribution in [0.1, 0.15) is 23.1 Å². The molecule has 2 aromatic heterocycles. The molecule has 2 rings (SSSR count). The Kier molecular flexibility index (Phi) is 3.59. The number of hydrogen-bond donors (Lipinski definition) is 0. The Morgan fingerprint density at radius 3 is 2.79 bits per heavy atom. The first-order valence-corrected chi connectivity index (χ1v) is 5.87. The number of halogens is 1. The van der Waals surface area contributed by atoms with Crippen LogP contribution < -0.4 is 0 Å². The van der Waals surface area contributed by atoms with E-state index in [-0.39, 0.29) is 0 Å². The van der Waals surface area contributed by atoms with Crippen molar-refractivity contribution in [3.63, 3.8) is 0 Å². The molecule has 0 saturated heterocycles. The van der Waals surface area contributed by atoms with Crippen molar-refractivity contribution in [3.8, 4) is 11.4 Å². The molecular formula is C13H14FN3O2. The lowest BCUT2D eigenvalue weighted by molar-refractivity contribution is 0.0514. The van der Waals surface area contributed by atoms with E-state index in [2.05, 4.69) is 9.97 Å². The van der Waals surface area contributed by atoms with Crippen molar-refractivity contribution in [3.05, 3.63) is 35.7 Å². The first kappa shape index (κ1) is 13.2. The zero-order valence-corrected chi connectivity index (χ0v) is 11.0. The van der Waals surface area contributed by atoms with Crippen LogP contribution in [0.2, 0.25) is 0 Å². The van der Waals surface area contributed by atoms with Gasteiger partial charge >= 0.3 is 5.97 Å². The van der Waals surface area contributed by atoms with E-state index in [9.17, 15) is 9.18 Å². The second kappa shape index (κ2) is 5.17. The van der Waals surface area contributed by atoms with Gasteiger partial charge in [0.25, 0.3) is 0 Å². The van der Waals surface area contributed by atoms with Crippen LogP contribution in [-0.4, -0.2) is 27.1 Å². The number of hydrogen-bond acceptors (Lipinski definition) is 4. The number of pyridine rings is 1. The predicted molar refractivity (Wildman–Crippen MR) is 67.1 cm³/mol. The van der Waals surface area contributed by atoms with E-state index in [0.717, 1.165) is 0 Å². The summed E-state index contributed by atoms with van der Waals surface area (Å²) in [6.45, 7) is 3.78. The predicted octanol–water partition coefficient (Wildman–Crippen LogP) is 2.11. The summed E-state index contributed by atoms with van der Waals surface area (Å²) in [6.07, 6.45) is 1.38. The third kappa shape index (κ3) is 2.47. The SMILES string of the molecule is CCOC(=O)c1c(C)nc(-c2ccc(F)nc2)n1C. The van der Waals surface area contributed by atoms with E-state index < -0.39 is 11.9 Å². The van der Waals surface area contributed by atoms with Gasteiger partial charge in [0.1, 0.15) is 11.5 Å². The third-order valence-electron chi connectivity index (χ3n) is 2.72. The topological polar surface area (TPSA) is 57.0 Å². The number of imidazole rings is 1. The Bertz CT molecular complexity index is 605. The maximum Gasteiger partial charge on any atom is 0.356 e. The van der Waals surface area contributed by atoms with Crippen LogP contribution in [0.5, 0.6) is 0 Å². The van der Waals surface area contributed by atoms with Crippen LogP contribution in [0.3, 0.4) is 0 Å². The first-order chi connectivity index (χ1) is 9.04. The van der Waals surface area contributed by atoms with Crippen LogP contribution in [0, 0.1) is 12.9 Å². The van der Waals surface area contributed by atoms with E-state index in [4.69, 9.17) is 4.74 Å². The largest absolute Gasteiger partial charge is 0.461 e. The van der Waals surface area contributed by atoms with Crippen molar-refractivity contribution in [2.24, 2.45) is 7.05 Å². The number of aryl methyl sites for hydroxylation is 1. The molecule has 0 aliphatic carbocycles. The molecule has 0 aliphatic heterocycles. The zero-order valence-electron chi connectivity index (χ0n) is 11.0. The second-order valence-corrected chi connectivity index (χ2v) is 4.02. The molecule has 0 atom stereocenters. The smallest absolute Gasteiger partial charge is 0.356 e. The lowest BCUT2D eigenvalue weighted by Crippen LogP contribution is -2.11. The van der Waals surface area contributed by atoms with E-state index in [1.807, 2.05) is 0 Å². The highest BCUT2D eigenvalue weighted by molar-refractivity contribution is 5.89. The molecule has 0 aliphatic rings. The molecule has 0 spiro atoms. The molecule has 0 amide bonds. The third-order valence-corrected chi connectivity index (χ3v) is 2.72. The summed E-state index contributed by atoms with van der Waals surface area (Å²) in [5.74, 6) is -0.426. The Labute approximate surface area is 110 Å². The van der Waals surface area contributed by atoms with E-state index in [1.54, 1.807) is 31.5 Å². The summed E-state index contributed by atoms with van der Waals surface area (Å²) in [5, 5.41) is 0. The highest BCUT2D eigenvalue weighted by Gasteiger charge is 2.20. The fourth-order valence-corrected chi connectivity index (χ4v) is 1.89. The van der Waals surface area contributed by atoms with Crippen molar-refractivity contribution in [2.45, 2.75) is 13.8 Å². The van der Waals surface area contributed by atoms with Crippen LogP contribution >= 0.6 is 0 Å². The van der Waals surface area contributed by atoms with Gasteiger partial charge in [0.15, 0.2) is 0 Å². The van der Waals surface area contributed by atoms with Gasteiger partial charge in [0.05, 0.1) is 12.3 Å². The van der Waals surface area contributed by atoms with Gasteiger partial charge in [-0.15, -0.1) is 0 Å². The molecule has 5 nitrogen and oxygen atoms in total. The molecule has 0 fully saturated rings. The molecule has 2 aromatic rings. The van der Waals surface area contributed by atoms with Crippen molar-refractivity contribution < 1.29 is 13.9 Å². The van der Waals surface area contributed by atoms with E-state index >= 15 is 0 Å². The number of esters is 1. The standard InChI is InChI=1S/C13H14FN3O2/c1-4-19-13(18)11-8(2)16-12(17(11)3)9-5-6-10(14)15-7-9/h5-7H,4H2,1-3H3. The van der Waals surface area contributed by atoms with Crippen LogP contribution in [0.25, 0.3) is 11.4 Å². The summed E-state index contributed by atoms with van der Waals surface area (Å²) in [5.41, 5.74) is 1.60. The monoisotopic (exact) mass is 263 g/mol. The number of rotatable bonds is 3. The van der Waals surface area contributed by atoms with Crippen molar-refractivity contribution >= 4 is 5.97 Å². The number of carbonyl (C=O) groups is 1. The average Bonchev–Trinajstić information content (AvgIpc) is 2.66. The lowest BCUT2D eigenvalue weighted by Gasteiger charge is -2.05.